The van der Waals surface area contributed by atoms with Gasteiger partial charge in [0.05, 0.1) is 4.88 Å². The molecule has 2 rings (SSSR count). The van der Waals surface area contributed by atoms with Crippen LogP contribution in [0.2, 0.25) is 0 Å². The predicted molar refractivity (Wildman–Crippen MR) is 92.0 cm³/mol. The minimum atomic E-state index is -0.376. The Kier molecular flexibility index (Phi) is 5.15. The van der Waals surface area contributed by atoms with Gasteiger partial charge in [-0.2, -0.15) is 0 Å². The van der Waals surface area contributed by atoms with Crippen molar-refractivity contribution in [2.45, 2.75) is 26.3 Å². The van der Waals surface area contributed by atoms with Crippen LogP contribution in [-0.4, -0.2) is 17.4 Å². The van der Waals surface area contributed by atoms with E-state index < -0.39 is 0 Å². The molecule has 0 spiro atoms. The molecule has 0 aliphatic carbocycles. The lowest BCUT2D eigenvalue weighted by Gasteiger charge is -2.21. The molecule has 116 valence electrons. The summed E-state index contributed by atoms with van der Waals surface area (Å²) in [4.78, 5) is 26.1. The van der Waals surface area contributed by atoms with Gasteiger partial charge in [0.15, 0.2) is 0 Å². The molecule has 2 N–H and O–H groups in total. The molecule has 0 aliphatic heterocycles. The van der Waals surface area contributed by atoms with Gasteiger partial charge in [-0.3, -0.25) is 9.59 Å². The van der Waals surface area contributed by atoms with Gasteiger partial charge in [-0.05, 0) is 49.7 Å². The zero-order valence-electron chi connectivity index (χ0n) is 12.7. The van der Waals surface area contributed by atoms with Gasteiger partial charge in [0.1, 0.15) is 5.70 Å². The SMILES string of the molecule is CC(C)(C)NC(=O)/C(=C/c1cccs1)NC(=O)c1cccs1. The molecule has 22 heavy (non-hydrogen) atoms. The Morgan fingerprint density at radius 3 is 2.32 bits per heavy atom. The van der Waals surface area contributed by atoms with E-state index in [1.807, 2.05) is 43.7 Å². The van der Waals surface area contributed by atoms with Gasteiger partial charge in [0, 0.05) is 10.4 Å². The summed E-state index contributed by atoms with van der Waals surface area (Å²) >= 11 is 2.84. The van der Waals surface area contributed by atoms with Gasteiger partial charge in [-0.25, -0.2) is 0 Å². The van der Waals surface area contributed by atoms with Crippen LogP contribution in [-0.2, 0) is 4.79 Å². The summed E-state index contributed by atoms with van der Waals surface area (Å²) in [5, 5.41) is 9.32. The number of amides is 2. The Balaban J connectivity index is 2.22. The van der Waals surface area contributed by atoms with Gasteiger partial charge >= 0.3 is 0 Å². The smallest absolute Gasteiger partial charge is 0.268 e. The largest absolute Gasteiger partial charge is 0.346 e. The summed E-state index contributed by atoms with van der Waals surface area (Å²) < 4.78 is 0. The van der Waals surface area contributed by atoms with Gasteiger partial charge in [0.25, 0.3) is 11.8 Å². The fraction of sp³-hybridized carbons (Fsp3) is 0.250. The molecule has 2 heterocycles. The molecule has 6 heteroatoms. The second kappa shape index (κ2) is 6.89. The molecule has 0 radical (unpaired) electrons. The van der Waals surface area contributed by atoms with Crippen LogP contribution in [0.5, 0.6) is 0 Å². The fourth-order valence-corrected chi connectivity index (χ4v) is 2.95. The van der Waals surface area contributed by atoms with Crippen molar-refractivity contribution in [3.8, 4) is 0 Å². The molecule has 2 aromatic rings. The van der Waals surface area contributed by atoms with Crippen LogP contribution in [0.25, 0.3) is 6.08 Å². The first-order valence-corrected chi connectivity index (χ1v) is 8.54. The Morgan fingerprint density at radius 1 is 1.09 bits per heavy atom. The molecule has 2 amide bonds. The van der Waals surface area contributed by atoms with Crippen molar-refractivity contribution in [2.24, 2.45) is 0 Å². The van der Waals surface area contributed by atoms with E-state index >= 15 is 0 Å². The molecular weight excluding hydrogens is 316 g/mol. The summed E-state index contributed by atoms with van der Waals surface area (Å²) in [6, 6.07) is 7.32. The molecule has 0 saturated heterocycles. The van der Waals surface area contributed by atoms with E-state index in [9.17, 15) is 9.59 Å². The summed E-state index contributed by atoms with van der Waals surface area (Å²) in [7, 11) is 0. The van der Waals surface area contributed by atoms with Gasteiger partial charge in [-0.1, -0.05) is 12.1 Å². The zero-order valence-corrected chi connectivity index (χ0v) is 14.3. The predicted octanol–water partition coefficient (Wildman–Crippen LogP) is 3.50. The number of rotatable bonds is 4. The lowest BCUT2D eigenvalue weighted by molar-refractivity contribution is -0.119. The van der Waals surface area contributed by atoms with Crippen molar-refractivity contribution >= 4 is 40.6 Å². The van der Waals surface area contributed by atoms with Crippen molar-refractivity contribution in [1.29, 1.82) is 0 Å². The quantitative estimate of drug-likeness (QED) is 0.841. The highest BCUT2D eigenvalue weighted by Gasteiger charge is 2.20. The summed E-state index contributed by atoms with van der Waals surface area (Å²) in [5.74, 6) is -0.576. The first kappa shape index (κ1) is 16.5. The molecule has 4 nitrogen and oxygen atoms in total. The van der Waals surface area contributed by atoms with Crippen LogP contribution in [0, 0.1) is 0 Å². The number of nitrogens with one attached hydrogen (secondary N) is 2. The zero-order chi connectivity index (χ0) is 16.2. The van der Waals surface area contributed by atoms with E-state index in [0.717, 1.165) is 4.88 Å². The van der Waals surface area contributed by atoms with Gasteiger partial charge in [0.2, 0.25) is 0 Å². The van der Waals surface area contributed by atoms with E-state index in [1.54, 1.807) is 18.2 Å². The Bertz CT molecular complexity index is 666. The molecule has 0 saturated carbocycles. The van der Waals surface area contributed by atoms with Crippen LogP contribution in [0.15, 0.2) is 40.7 Å². The molecule has 0 fully saturated rings. The summed E-state index contributed by atoms with van der Waals surface area (Å²) in [6.07, 6.45) is 1.69. The maximum atomic E-state index is 12.4. The number of thiophene rings is 2. The van der Waals surface area contributed by atoms with Crippen molar-refractivity contribution in [2.75, 3.05) is 0 Å². The molecule has 2 aromatic heterocycles. The van der Waals surface area contributed by atoms with E-state index in [0.29, 0.717) is 4.88 Å². The minimum Gasteiger partial charge on any atom is -0.346 e. The number of hydrogen-bond acceptors (Lipinski definition) is 4. The first-order chi connectivity index (χ1) is 10.3. The van der Waals surface area contributed by atoms with Gasteiger partial charge in [-0.15, -0.1) is 22.7 Å². The third kappa shape index (κ3) is 4.82. The van der Waals surface area contributed by atoms with E-state index in [4.69, 9.17) is 0 Å². The van der Waals surface area contributed by atoms with Crippen molar-refractivity contribution in [3.63, 3.8) is 0 Å². The highest BCUT2D eigenvalue weighted by molar-refractivity contribution is 7.12. The van der Waals surface area contributed by atoms with Gasteiger partial charge < -0.3 is 10.6 Å². The standard InChI is InChI=1S/C16H18N2O2S2/c1-16(2,3)18-14(19)12(10-11-6-4-8-21-11)17-15(20)13-7-5-9-22-13/h4-10H,1-3H3,(H,17,20)(H,18,19)/b12-10-. The molecule has 0 bridgehead atoms. The Morgan fingerprint density at radius 2 is 1.77 bits per heavy atom. The average molecular weight is 334 g/mol. The van der Waals surface area contributed by atoms with Crippen LogP contribution in [0.4, 0.5) is 0 Å². The molecular formula is C16H18N2O2S2. The highest BCUT2D eigenvalue weighted by atomic mass is 32.1. The van der Waals surface area contributed by atoms with Crippen LogP contribution >= 0.6 is 22.7 Å². The second-order valence-corrected chi connectivity index (χ2v) is 7.64. The maximum Gasteiger partial charge on any atom is 0.268 e. The van der Waals surface area contributed by atoms with Crippen molar-refractivity contribution < 1.29 is 9.59 Å². The number of carbonyl (C=O) groups excluding carboxylic acids is 2. The summed E-state index contributed by atoms with van der Waals surface area (Å²) in [5.41, 5.74) is -0.130. The van der Waals surface area contributed by atoms with Crippen LogP contribution in [0.1, 0.15) is 35.3 Å². The van der Waals surface area contributed by atoms with Crippen molar-refractivity contribution in [1.82, 2.24) is 10.6 Å². The lowest BCUT2D eigenvalue weighted by atomic mass is 10.1. The normalized spacial score (nSPS) is 12.0. The summed E-state index contributed by atoms with van der Waals surface area (Å²) in [6.45, 7) is 5.69. The number of hydrogen-bond donors (Lipinski definition) is 2. The molecule has 0 unspecified atom stereocenters. The highest BCUT2D eigenvalue weighted by Crippen LogP contribution is 2.15. The first-order valence-electron chi connectivity index (χ1n) is 6.78. The van der Waals surface area contributed by atoms with E-state index in [-0.39, 0.29) is 23.1 Å². The second-order valence-electron chi connectivity index (χ2n) is 5.71. The molecule has 0 aromatic carbocycles. The number of carbonyl (C=O) groups is 2. The Hall–Kier alpha value is -1.92. The van der Waals surface area contributed by atoms with Crippen molar-refractivity contribution in [3.05, 3.63) is 50.5 Å². The lowest BCUT2D eigenvalue weighted by Crippen LogP contribution is -2.44. The minimum absolute atomic E-state index is 0.246. The average Bonchev–Trinajstić information content (AvgIpc) is 3.09. The topological polar surface area (TPSA) is 58.2 Å². The maximum absolute atomic E-state index is 12.4. The van der Waals surface area contributed by atoms with E-state index in [1.165, 1.54) is 22.7 Å². The third-order valence-corrected chi connectivity index (χ3v) is 4.24. The van der Waals surface area contributed by atoms with Crippen LogP contribution in [0.3, 0.4) is 0 Å². The van der Waals surface area contributed by atoms with Crippen LogP contribution < -0.4 is 10.6 Å². The fourth-order valence-electron chi connectivity index (χ4n) is 1.67. The molecule has 0 atom stereocenters. The van der Waals surface area contributed by atoms with E-state index in [2.05, 4.69) is 10.6 Å². The Labute approximate surface area is 137 Å². The monoisotopic (exact) mass is 334 g/mol. The third-order valence-electron chi connectivity index (χ3n) is 2.56. The molecule has 0 aliphatic rings.